The molecule has 120 valence electrons. The number of quaternary nitrogens is 1. The van der Waals surface area contributed by atoms with Gasteiger partial charge in [-0.1, -0.05) is 11.6 Å². The number of benzene rings is 1. The topological polar surface area (TPSA) is 66.0 Å². The number of hydrogen-bond donors (Lipinski definition) is 1. The molecule has 0 aliphatic heterocycles. The molecule has 0 aliphatic rings. The fraction of sp³-hybridized carbons (Fsp3) is 0.562. The number of carbonyl (C=O) groups is 1. The van der Waals surface area contributed by atoms with Gasteiger partial charge in [0, 0.05) is 5.02 Å². The maximum absolute atomic E-state index is 10.6. The molecule has 1 aromatic carbocycles. The Labute approximate surface area is 132 Å². The van der Waals surface area contributed by atoms with Crippen LogP contribution >= 0.6 is 11.6 Å². The first-order valence-electron chi connectivity index (χ1n) is 7.05. The summed E-state index contributed by atoms with van der Waals surface area (Å²) in [6, 6.07) is 7.96. The fourth-order valence-corrected chi connectivity index (χ4v) is 1.73. The van der Waals surface area contributed by atoms with Gasteiger partial charge in [0.05, 0.1) is 18.1 Å². The SMILES string of the molecule is CC(C)(Oc1ccc(Cl)cc1)C(=O)[O-].CC(C)[NH2+]C(C)C. The van der Waals surface area contributed by atoms with Crippen molar-refractivity contribution >= 4 is 17.6 Å². The summed E-state index contributed by atoms with van der Waals surface area (Å²) in [5.41, 5.74) is -1.34. The molecule has 0 bridgehead atoms. The van der Waals surface area contributed by atoms with Crippen LogP contribution < -0.4 is 15.2 Å². The molecule has 0 fully saturated rings. The molecule has 0 unspecified atom stereocenters. The standard InChI is InChI=1S/C10H11ClO3.C6H15N/c1-10(2,9(12)13)14-8-5-3-7(11)4-6-8;1-5(2)7-6(3)4/h3-6H,1-2H3,(H,12,13);5-7H,1-4H3. The number of carboxylic acids is 1. The van der Waals surface area contributed by atoms with Crippen LogP contribution in [-0.4, -0.2) is 23.7 Å². The lowest BCUT2D eigenvalue weighted by Crippen LogP contribution is -2.92. The van der Waals surface area contributed by atoms with Crippen molar-refractivity contribution in [1.82, 2.24) is 0 Å². The minimum absolute atomic E-state index is 0.448. The van der Waals surface area contributed by atoms with Gasteiger partial charge in [0.1, 0.15) is 11.4 Å². The van der Waals surface area contributed by atoms with Crippen LogP contribution in [0.5, 0.6) is 5.75 Å². The van der Waals surface area contributed by atoms with E-state index in [-0.39, 0.29) is 0 Å². The van der Waals surface area contributed by atoms with Crippen molar-refractivity contribution in [1.29, 1.82) is 0 Å². The third-order valence-electron chi connectivity index (χ3n) is 2.45. The van der Waals surface area contributed by atoms with Crippen molar-refractivity contribution < 1.29 is 20.0 Å². The highest BCUT2D eigenvalue weighted by molar-refractivity contribution is 6.30. The molecule has 1 rings (SSSR count). The van der Waals surface area contributed by atoms with Crippen molar-refractivity contribution in [3.05, 3.63) is 29.3 Å². The van der Waals surface area contributed by atoms with Gasteiger partial charge in [0.25, 0.3) is 0 Å². The highest BCUT2D eigenvalue weighted by Crippen LogP contribution is 2.20. The predicted octanol–water partition coefficient (Wildman–Crippen LogP) is 1.61. The monoisotopic (exact) mass is 315 g/mol. The van der Waals surface area contributed by atoms with Crippen LogP contribution in [0.25, 0.3) is 0 Å². The smallest absolute Gasteiger partial charge is 0.143 e. The van der Waals surface area contributed by atoms with Crippen molar-refractivity contribution in [2.24, 2.45) is 0 Å². The number of rotatable bonds is 5. The van der Waals surface area contributed by atoms with Crippen molar-refractivity contribution in [2.45, 2.75) is 59.2 Å². The number of carboxylic acid groups (broad SMARTS) is 1. The molecule has 4 nitrogen and oxygen atoms in total. The highest BCUT2D eigenvalue weighted by atomic mass is 35.5. The average molecular weight is 316 g/mol. The first-order chi connectivity index (χ1) is 9.54. The molecule has 5 heteroatoms. The molecule has 1 aromatic rings. The number of aliphatic carboxylic acids is 1. The van der Waals surface area contributed by atoms with Crippen LogP contribution in [0.4, 0.5) is 0 Å². The van der Waals surface area contributed by atoms with Crippen molar-refractivity contribution in [2.75, 3.05) is 0 Å². The Bertz CT molecular complexity index is 422. The zero-order valence-corrected chi connectivity index (χ0v) is 14.4. The second kappa shape index (κ2) is 8.90. The van der Waals surface area contributed by atoms with Gasteiger partial charge in [-0.2, -0.15) is 0 Å². The summed E-state index contributed by atoms with van der Waals surface area (Å²) < 4.78 is 5.20. The van der Waals surface area contributed by atoms with E-state index in [0.29, 0.717) is 10.8 Å². The Balaban J connectivity index is 0.000000486. The molecule has 0 saturated heterocycles. The van der Waals surface area contributed by atoms with Crippen molar-refractivity contribution in [3.63, 3.8) is 0 Å². The summed E-state index contributed by atoms with van der Waals surface area (Å²) in [7, 11) is 0. The summed E-state index contributed by atoms with van der Waals surface area (Å²) in [4.78, 5) is 10.6. The van der Waals surface area contributed by atoms with Gasteiger partial charge in [0.2, 0.25) is 0 Å². The van der Waals surface area contributed by atoms with E-state index in [2.05, 4.69) is 33.0 Å². The van der Waals surface area contributed by atoms with E-state index < -0.39 is 11.6 Å². The molecule has 2 N–H and O–H groups in total. The Hall–Kier alpha value is -1.26. The van der Waals surface area contributed by atoms with Crippen molar-refractivity contribution in [3.8, 4) is 5.75 Å². The second-order valence-corrected chi connectivity index (χ2v) is 6.47. The highest BCUT2D eigenvalue weighted by Gasteiger charge is 2.21. The van der Waals surface area contributed by atoms with Gasteiger partial charge in [0.15, 0.2) is 0 Å². The number of nitrogens with two attached hydrogens (primary N) is 1. The lowest BCUT2D eigenvalue weighted by Gasteiger charge is -2.27. The third-order valence-corrected chi connectivity index (χ3v) is 2.70. The Morgan fingerprint density at radius 3 is 1.86 bits per heavy atom. The molecule has 0 atom stereocenters. The van der Waals surface area contributed by atoms with E-state index >= 15 is 0 Å². The molecular weight excluding hydrogens is 290 g/mol. The Morgan fingerprint density at radius 1 is 1.14 bits per heavy atom. The van der Waals surface area contributed by atoms with E-state index in [1.54, 1.807) is 24.3 Å². The molecule has 0 radical (unpaired) electrons. The zero-order chi connectivity index (χ0) is 16.6. The first-order valence-corrected chi connectivity index (χ1v) is 7.43. The molecule has 0 saturated carbocycles. The normalized spacial score (nSPS) is 11.1. The van der Waals surface area contributed by atoms with E-state index in [4.69, 9.17) is 16.3 Å². The fourth-order valence-electron chi connectivity index (χ4n) is 1.61. The van der Waals surface area contributed by atoms with E-state index in [1.807, 2.05) is 0 Å². The van der Waals surface area contributed by atoms with Crippen LogP contribution in [0.1, 0.15) is 41.5 Å². The van der Waals surface area contributed by atoms with Gasteiger partial charge in [-0.3, -0.25) is 0 Å². The van der Waals surface area contributed by atoms with E-state index in [0.717, 1.165) is 12.1 Å². The minimum Gasteiger partial charge on any atom is -0.546 e. The molecule has 0 amide bonds. The van der Waals surface area contributed by atoms with Crippen LogP contribution in [0.3, 0.4) is 0 Å². The summed E-state index contributed by atoms with van der Waals surface area (Å²) in [5, 5.41) is 13.5. The largest absolute Gasteiger partial charge is 0.546 e. The van der Waals surface area contributed by atoms with Gasteiger partial charge < -0.3 is 20.0 Å². The minimum atomic E-state index is -1.34. The Kier molecular flexibility index (Phi) is 8.37. The molecule has 0 aromatic heterocycles. The van der Waals surface area contributed by atoms with Crippen LogP contribution in [0.2, 0.25) is 5.02 Å². The molecule has 0 spiro atoms. The predicted molar refractivity (Wildman–Crippen MR) is 83.4 cm³/mol. The van der Waals surface area contributed by atoms with E-state index in [9.17, 15) is 9.90 Å². The zero-order valence-electron chi connectivity index (χ0n) is 13.6. The number of carbonyl (C=O) groups excluding carboxylic acids is 1. The second-order valence-electron chi connectivity index (χ2n) is 6.03. The summed E-state index contributed by atoms with van der Waals surface area (Å²) in [5.74, 6) is -0.809. The quantitative estimate of drug-likeness (QED) is 0.898. The van der Waals surface area contributed by atoms with Gasteiger partial charge in [-0.05, 0) is 65.8 Å². The number of ether oxygens (including phenoxy) is 1. The lowest BCUT2D eigenvalue weighted by atomic mass is 10.1. The average Bonchev–Trinajstić information content (AvgIpc) is 2.30. The van der Waals surface area contributed by atoms with Gasteiger partial charge in [-0.15, -0.1) is 0 Å². The summed E-state index contributed by atoms with van der Waals surface area (Å²) in [6.45, 7) is 11.7. The third kappa shape index (κ3) is 9.32. The lowest BCUT2D eigenvalue weighted by molar-refractivity contribution is -0.709. The summed E-state index contributed by atoms with van der Waals surface area (Å²) >= 11 is 5.66. The maximum atomic E-state index is 10.6. The van der Waals surface area contributed by atoms with Gasteiger partial charge in [-0.25, -0.2) is 0 Å². The molecular formula is C16H26ClNO3. The van der Waals surface area contributed by atoms with E-state index in [1.165, 1.54) is 13.8 Å². The number of hydrogen-bond acceptors (Lipinski definition) is 3. The number of halogens is 1. The van der Waals surface area contributed by atoms with Crippen LogP contribution in [0.15, 0.2) is 24.3 Å². The van der Waals surface area contributed by atoms with Crippen LogP contribution in [-0.2, 0) is 4.79 Å². The maximum Gasteiger partial charge on any atom is 0.143 e. The molecule has 0 heterocycles. The molecule has 21 heavy (non-hydrogen) atoms. The molecule has 0 aliphatic carbocycles. The Morgan fingerprint density at radius 2 is 1.57 bits per heavy atom. The van der Waals surface area contributed by atoms with Crippen LogP contribution in [0, 0.1) is 0 Å². The van der Waals surface area contributed by atoms with Gasteiger partial charge >= 0.3 is 0 Å². The summed E-state index contributed by atoms with van der Waals surface area (Å²) in [6.07, 6.45) is 0. The first kappa shape index (κ1) is 19.7.